The second kappa shape index (κ2) is 8.21. The zero-order valence-electron chi connectivity index (χ0n) is 15.8. The zero-order chi connectivity index (χ0) is 19.6. The largest absolute Gasteiger partial charge is 0.493 e. The van der Waals surface area contributed by atoms with E-state index in [1.165, 1.54) is 10.4 Å². The third-order valence-corrected chi connectivity index (χ3v) is 7.58. The van der Waals surface area contributed by atoms with E-state index in [0.29, 0.717) is 35.7 Å². The van der Waals surface area contributed by atoms with E-state index in [1.54, 1.807) is 12.1 Å². The molecule has 28 heavy (non-hydrogen) atoms. The van der Waals surface area contributed by atoms with Crippen LogP contribution in [-0.2, 0) is 23.0 Å². The molecule has 1 aliphatic heterocycles. The monoisotopic (exact) mass is 416 g/mol. The van der Waals surface area contributed by atoms with E-state index < -0.39 is 10.0 Å². The van der Waals surface area contributed by atoms with Gasteiger partial charge in [-0.15, -0.1) is 11.3 Å². The summed E-state index contributed by atoms with van der Waals surface area (Å²) in [5.74, 6) is 0.705. The highest BCUT2D eigenvalue weighted by atomic mass is 32.2. The second-order valence-electron chi connectivity index (χ2n) is 6.83. The van der Waals surface area contributed by atoms with Crippen molar-refractivity contribution >= 4 is 32.1 Å². The lowest BCUT2D eigenvalue weighted by atomic mass is 10.1. The van der Waals surface area contributed by atoms with Crippen LogP contribution in [0.5, 0.6) is 5.75 Å². The molecular formula is C21H24N2O3S2. The summed E-state index contributed by atoms with van der Waals surface area (Å²) in [7, 11) is -3.60. The van der Waals surface area contributed by atoms with E-state index in [-0.39, 0.29) is 0 Å². The van der Waals surface area contributed by atoms with Crippen LogP contribution in [0.4, 0.5) is 0 Å². The molecule has 0 aliphatic carbocycles. The van der Waals surface area contributed by atoms with Gasteiger partial charge in [-0.3, -0.25) is 4.90 Å². The fourth-order valence-electron chi connectivity index (χ4n) is 3.67. The van der Waals surface area contributed by atoms with Crippen molar-refractivity contribution in [2.45, 2.75) is 24.8 Å². The molecule has 1 aromatic heterocycles. The molecule has 1 N–H and O–H groups in total. The Morgan fingerprint density at radius 3 is 2.79 bits per heavy atom. The van der Waals surface area contributed by atoms with Gasteiger partial charge in [-0.05, 0) is 42.5 Å². The van der Waals surface area contributed by atoms with Crippen molar-refractivity contribution in [1.29, 1.82) is 0 Å². The normalized spacial score (nSPS) is 14.9. The third kappa shape index (κ3) is 3.93. The van der Waals surface area contributed by atoms with Crippen LogP contribution < -0.4 is 9.46 Å². The van der Waals surface area contributed by atoms with Crippen molar-refractivity contribution in [2.75, 3.05) is 26.2 Å². The van der Waals surface area contributed by atoms with Gasteiger partial charge in [-0.1, -0.05) is 24.3 Å². The summed E-state index contributed by atoms with van der Waals surface area (Å²) in [6, 6.07) is 13.0. The summed E-state index contributed by atoms with van der Waals surface area (Å²) in [5.41, 5.74) is 1.37. The van der Waals surface area contributed by atoms with Crippen LogP contribution in [0.1, 0.15) is 17.4 Å². The van der Waals surface area contributed by atoms with Gasteiger partial charge in [0.25, 0.3) is 0 Å². The number of hydrogen-bond acceptors (Lipinski definition) is 5. The third-order valence-electron chi connectivity index (χ3n) is 5.04. The highest BCUT2D eigenvalue weighted by molar-refractivity contribution is 7.89. The van der Waals surface area contributed by atoms with Crippen molar-refractivity contribution in [3.8, 4) is 5.75 Å². The molecule has 2 aromatic carbocycles. The van der Waals surface area contributed by atoms with Crippen LogP contribution in [0, 0.1) is 0 Å². The highest BCUT2D eigenvalue weighted by Crippen LogP contribution is 2.31. The summed E-state index contributed by atoms with van der Waals surface area (Å²) in [6.07, 6.45) is 1.04. The van der Waals surface area contributed by atoms with Gasteiger partial charge in [0.05, 0.1) is 11.5 Å². The first kappa shape index (κ1) is 19.4. The fourth-order valence-corrected chi connectivity index (χ4v) is 5.79. The lowest BCUT2D eigenvalue weighted by molar-refractivity contribution is 0.260. The smallest absolute Gasteiger partial charge is 0.241 e. The first-order valence-electron chi connectivity index (χ1n) is 9.50. The van der Waals surface area contributed by atoms with Crippen LogP contribution in [0.25, 0.3) is 10.8 Å². The average molecular weight is 417 g/mol. The molecule has 148 valence electrons. The van der Waals surface area contributed by atoms with E-state index in [1.807, 2.05) is 42.5 Å². The van der Waals surface area contributed by atoms with Gasteiger partial charge in [-0.2, -0.15) is 0 Å². The van der Waals surface area contributed by atoms with Gasteiger partial charge in [-0.25, -0.2) is 13.1 Å². The summed E-state index contributed by atoms with van der Waals surface area (Å²) in [4.78, 5) is 4.05. The molecule has 3 aromatic rings. The zero-order valence-corrected chi connectivity index (χ0v) is 17.5. The number of benzene rings is 2. The van der Waals surface area contributed by atoms with Gasteiger partial charge < -0.3 is 4.74 Å². The van der Waals surface area contributed by atoms with Crippen molar-refractivity contribution in [3.63, 3.8) is 0 Å². The van der Waals surface area contributed by atoms with E-state index >= 15 is 0 Å². The number of thiophene rings is 1. The minimum atomic E-state index is -3.60. The molecule has 0 atom stereocenters. The van der Waals surface area contributed by atoms with Crippen LogP contribution >= 0.6 is 11.3 Å². The first-order valence-corrected chi connectivity index (χ1v) is 11.9. The lowest BCUT2D eigenvalue weighted by Crippen LogP contribution is -2.37. The van der Waals surface area contributed by atoms with Crippen LogP contribution in [0.15, 0.2) is 52.7 Å². The molecule has 0 spiro atoms. The van der Waals surface area contributed by atoms with Crippen molar-refractivity contribution in [2.24, 2.45) is 0 Å². The standard InChI is InChI=1S/C21H24N2O3S2/c1-2-26-19-7-8-21(18-6-4-3-5-17(18)19)28(24,25)22-11-13-23-12-9-20-16(15-23)10-14-27-20/h3-8,10,14,22H,2,9,11-13,15H2,1H3. The number of fused-ring (bicyclic) bond motifs is 2. The Kier molecular flexibility index (Phi) is 5.68. The number of ether oxygens (including phenoxy) is 1. The molecule has 0 unspecified atom stereocenters. The Bertz CT molecular complexity index is 1080. The molecule has 0 radical (unpaired) electrons. The molecule has 0 fully saturated rings. The molecule has 2 heterocycles. The summed E-state index contributed by atoms with van der Waals surface area (Å²) >= 11 is 1.81. The first-order chi connectivity index (χ1) is 13.6. The molecule has 0 saturated carbocycles. The molecular weight excluding hydrogens is 392 g/mol. The van der Waals surface area contributed by atoms with Crippen LogP contribution in [0.2, 0.25) is 0 Å². The maximum Gasteiger partial charge on any atom is 0.241 e. The van der Waals surface area contributed by atoms with Crippen LogP contribution in [0.3, 0.4) is 0 Å². The minimum absolute atomic E-state index is 0.297. The summed E-state index contributed by atoms with van der Waals surface area (Å²) in [6.45, 7) is 5.41. The SMILES string of the molecule is CCOc1ccc(S(=O)(=O)NCCN2CCc3sccc3C2)c2ccccc12. The Balaban J connectivity index is 1.47. The van der Waals surface area contributed by atoms with E-state index in [0.717, 1.165) is 24.9 Å². The highest BCUT2D eigenvalue weighted by Gasteiger charge is 2.21. The quantitative estimate of drug-likeness (QED) is 0.639. The maximum absolute atomic E-state index is 12.9. The van der Waals surface area contributed by atoms with Crippen molar-refractivity contribution in [3.05, 3.63) is 58.3 Å². The maximum atomic E-state index is 12.9. The minimum Gasteiger partial charge on any atom is -0.493 e. The number of nitrogens with one attached hydrogen (secondary N) is 1. The fraction of sp³-hybridized carbons (Fsp3) is 0.333. The number of nitrogens with zero attached hydrogens (tertiary/aromatic N) is 1. The van der Waals surface area contributed by atoms with Gasteiger partial charge >= 0.3 is 0 Å². The van der Waals surface area contributed by atoms with E-state index in [4.69, 9.17) is 4.74 Å². The Hall–Kier alpha value is -1.93. The van der Waals surface area contributed by atoms with Gasteiger partial charge in [0, 0.05) is 41.8 Å². The van der Waals surface area contributed by atoms with Gasteiger partial charge in [0.15, 0.2) is 0 Å². The predicted molar refractivity (Wildman–Crippen MR) is 114 cm³/mol. The Labute approximate surface area is 170 Å². The number of rotatable bonds is 7. The van der Waals surface area contributed by atoms with Gasteiger partial charge in [0.2, 0.25) is 10.0 Å². The predicted octanol–water partition coefficient (Wildman–Crippen LogP) is 3.64. The molecule has 7 heteroatoms. The molecule has 5 nitrogen and oxygen atoms in total. The summed E-state index contributed by atoms with van der Waals surface area (Å²) in [5, 5.41) is 3.63. The van der Waals surface area contributed by atoms with E-state index in [9.17, 15) is 8.42 Å². The number of hydrogen-bond donors (Lipinski definition) is 1. The summed E-state index contributed by atoms with van der Waals surface area (Å²) < 4.78 is 34.3. The second-order valence-corrected chi connectivity index (χ2v) is 9.57. The van der Waals surface area contributed by atoms with Crippen molar-refractivity contribution in [1.82, 2.24) is 9.62 Å². The average Bonchev–Trinajstić information content (AvgIpc) is 3.16. The molecule has 4 rings (SSSR count). The lowest BCUT2D eigenvalue weighted by Gasteiger charge is -2.26. The molecule has 0 saturated heterocycles. The topological polar surface area (TPSA) is 58.6 Å². The van der Waals surface area contributed by atoms with Crippen molar-refractivity contribution < 1.29 is 13.2 Å². The Morgan fingerprint density at radius 2 is 1.96 bits per heavy atom. The molecule has 1 aliphatic rings. The van der Waals surface area contributed by atoms with Crippen LogP contribution in [-0.4, -0.2) is 39.6 Å². The number of sulfonamides is 1. The molecule has 0 amide bonds. The molecule has 0 bridgehead atoms. The van der Waals surface area contributed by atoms with E-state index in [2.05, 4.69) is 21.1 Å². The Morgan fingerprint density at radius 1 is 1.14 bits per heavy atom. The van der Waals surface area contributed by atoms with Gasteiger partial charge in [0.1, 0.15) is 5.75 Å².